The molecule has 144 valence electrons. The minimum atomic E-state index is -3.73. The van der Waals surface area contributed by atoms with Crippen LogP contribution in [0.25, 0.3) is 0 Å². The van der Waals surface area contributed by atoms with Gasteiger partial charge in [0, 0.05) is 32.1 Å². The Hall–Kier alpha value is -2.20. The smallest absolute Gasteiger partial charge is 0.317 e. The second-order valence-corrected chi connectivity index (χ2v) is 7.78. The van der Waals surface area contributed by atoms with Crippen molar-refractivity contribution in [2.24, 2.45) is 0 Å². The second-order valence-electron chi connectivity index (χ2n) is 6.07. The number of hydrogen-bond donors (Lipinski definition) is 3. The molecule has 3 N–H and O–H groups in total. The molecule has 2 rings (SSSR count). The van der Waals surface area contributed by atoms with E-state index in [0.717, 1.165) is 12.1 Å². The number of aliphatic carboxylic acids is 1. The summed E-state index contributed by atoms with van der Waals surface area (Å²) >= 11 is 0. The first-order chi connectivity index (χ1) is 12.3. The van der Waals surface area contributed by atoms with E-state index >= 15 is 0 Å². The molecule has 0 unspecified atom stereocenters. The van der Waals surface area contributed by atoms with E-state index in [2.05, 4.69) is 10.0 Å². The van der Waals surface area contributed by atoms with E-state index in [1.165, 1.54) is 12.1 Å². The first-order valence-corrected chi connectivity index (χ1v) is 9.79. The minimum absolute atomic E-state index is 0.00231. The van der Waals surface area contributed by atoms with E-state index in [1.807, 2.05) is 0 Å². The van der Waals surface area contributed by atoms with Gasteiger partial charge in [0.2, 0.25) is 10.0 Å². The maximum atomic E-state index is 12.9. The maximum absolute atomic E-state index is 12.9. The molecule has 1 aromatic carbocycles. The van der Waals surface area contributed by atoms with Gasteiger partial charge in [-0.1, -0.05) is 0 Å². The van der Waals surface area contributed by atoms with Crippen molar-refractivity contribution in [3.8, 4) is 0 Å². The third-order valence-electron chi connectivity index (χ3n) is 4.07. The number of benzene rings is 1. The molecule has 0 saturated carbocycles. The zero-order valence-corrected chi connectivity index (χ0v) is 15.0. The van der Waals surface area contributed by atoms with Crippen LogP contribution in [0.2, 0.25) is 0 Å². The number of carbonyl (C=O) groups is 2. The van der Waals surface area contributed by atoms with Gasteiger partial charge in [-0.2, -0.15) is 0 Å². The van der Waals surface area contributed by atoms with Gasteiger partial charge in [0.05, 0.1) is 4.90 Å². The Labute approximate surface area is 151 Å². The van der Waals surface area contributed by atoms with Crippen LogP contribution < -0.4 is 10.0 Å². The highest BCUT2D eigenvalue weighted by molar-refractivity contribution is 7.89. The minimum Gasteiger partial charge on any atom is -0.481 e. The van der Waals surface area contributed by atoms with E-state index < -0.39 is 21.8 Å². The summed E-state index contributed by atoms with van der Waals surface area (Å²) in [6.07, 6.45) is 1.27. The SMILES string of the molecule is O=C(O)CCCNC(=O)N1CCC(NS(=O)(=O)c2ccc(F)cc2)CC1. The molecule has 1 fully saturated rings. The molecule has 1 aliphatic heterocycles. The van der Waals surface area contributed by atoms with Crippen molar-refractivity contribution >= 4 is 22.0 Å². The number of sulfonamides is 1. The van der Waals surface area contributed by atoms with Crippen LogP contribution in [0.4, 0.5) is 9.18 Å². The van der Waals surface area contributed by atoms with Crippen LogP contribution in [0.3, 0.4) is 0 Å². The molecule has 0 atom stereocenters. The Morgan fingerprint density at radius 2 is 1.81 bits per heavy atom. The summed E-state index contributed by atoms with van der Waals surface area (Å²) in [5, 5.41) is 11.2. The van der Waals surface area contributed by atoms with Crippen molar-refractivity contribution in [2.45, 2.75) is 36.6 Å². The number of carbonyl (C=O) groups excluding carboxylic acids is 1. The molecule has 1 aromatic rings. The van der Waals surface area contributed by atoms with Crippen LogP contribution in [-0.4, -0.2) is 56.1 Å². The molecule has 0 aromatic heterocycles. The van der Waals surface area contributed by atoms with E-state index in [1.54, 1.807) is 4.90 Å². The van der Waals surface area contributed by atoms with Crippen LogP contribution in [0.15, 0.2) is 29.2 Å². The average molecular weight is 387 g/mol. The fourth-order valence-corrected chi connectivity index (χ4v) is 3.95. The maximum Gasteiger partial charge on any atom is 0.317 e. The van der Waals surface area contributed by atoms with E-state index in [9.17, 15) is 22.4 Å². The number of nitrogens with zero attached hydrogens (tertiary/aromatic N) is 1. The Kier molecular flexibility index (Phi) is 6.92. The number of piperidine rings is 1. The highest BCUT2D eigenvalue weighted by Gasteiger charge is 2.26. The Balaban J connectivity index is 1.78. The molecule has 0 bridgehead atoms. The summed E-state index contributed by atoms with van der Waals surface area (Å²) in [5.74, 6) is -1.42. The predicted molar refractivity (Wildman–Crippen MR) is 91.6 cm³/mol. The second kappa shape index (κ2) is 8.95. The van der Waals surface area contributed by atoms with Crippen molar-refractivity contribution in [1.29, 1.82) is 0 Å². The quantitative estimate of drug-likeness (QED) is 0.607. The fourth-order valence-electron chi connectivity index (χ4n) is 2.65. The van der Waals surface area contributed by atoms with Crippen molar-refractivity contribution in [1.82, 2.24) is 14.9 Å². The highest BCUT2D eigenvalue weighted by Crippen LogP contribution is 2.15. The molecule has 1 heterocycles. The number of urea groups is 1. The molecule has 0 radical (unpaired) electrons. The lowest BCUT2D eigenvalue weighted by atomic mass is 10.1. The largest absolute Gasteiger partial charge is 0.481 e. The van der Waals surface area contributed by atoms with Gasteiger partial charge in [0.15, 0.2) is 0 Å². The molecular weight excluding hydrogens is 365 g/mol. The van der Waals surface area contributed by atoms with Crippen molar-refractivity contribution in [3.63, 3.8) is 0 Å². The van der Waals surface area contributed by atoms with Gasteiger partial charge in [-0.15, -0.1) is 0 Å². The predicted octanol–water partition coefficient (Wildman–Crippen LogP) is 1.14. The lowest BCUT2D eigenvalue weighted by molar-refractivity contribution is -0.137. The van der Waals surface area contributed by atoms with Gasteiger partial charge in [-0.25, -0.2) is 22.3 Å². The average Bonchev–Trinajstić information content (AvgIpc) is 2.59. The van der Waals surface area contributed by atoms with Gasteiger partial charge in [-0.05, 0) is 43.5 Å². The number of rotatable bonds is 7. The Morgan fingerprint density at radius 1 is 1.19 bits per heavy atom. The van der Waals surface area contributed by atoms with Gasteiger partial charge in [0.25, 0.3) is 0 Å². The molecular formula is C16H22FN3O5S. The first-order valence-electron chi connectivity index (χ1n) is 8.30. The number of nitrogens with one attached hydrogen (secondary N) is 2. The van der Waals surface area contributed by atoms with Gasteiger partial charge in [0.1, 0.15) is 5.82 Å². The summed E-state index contributed by atoms with van der Waals surface area (Å²) < 4.78 is 40.1. The van der Waals surface area contributed by atoms with Crippen molar-refractivity contribution in [2.75, 3.05) is 19.6 Å². The molecule has 10 heteroatoms. The van der Waals surface area contributed by atoms with Gasteiger partial charge in [-0.3, -0.25) is 4.79 Å². The number of carboxylic acid groups (broad SMARTS) is 1. The van der Waals surface area contributed by atoms with E-state index in [-0.39, 0.29) is 29.9 Å². The summed E-state index contributed by atoms with van der Waals surface area (Å²) in [5.41, 5.74) is 0. The zero-order valence-electron chi connectivity index (χ0n) is 14.2. The lowest BCUT2D eigenvalue weighted by Crippen LogP contribution is -2.49. The van der Waals surface area contributed by atoms with Crippen LogP contribution >= 0.6 is 0 Å². The van der Waals surface area contributed by atoms with Crippen LogP contribution in [0.5, 0.6) is 0 Å². The van der Waals surface area contributed by atoms with Crippen molar-refractivity contribution < 1.29 is 27.5 Å². The van der Waals surface area contributed by atoms with Gasteiger partial charge < -0.3 is 15.3 Å². The summed E-state index contributed by atoms with van der Waals surface area (Å²) in [7, 11) is -3.73. The topological polar surface area (TPSA) is 116 Å². The highest BCUT2D eigenvalue weighted by atomic mass is 32.2. The van der Waals surface area contributed by atoms with Crippen molar-refractivity contribution in [3.05, 3.63) is 30.1 Å². The Morgan fingerprint density at radius 3 is 2.38 bits per heavy atom. The van der Waals surface area contributed by atoms with E-state index in [0.29, 0.717) is 32.4 Å². The monoisotopic (exact) mass is 387 g/mol. The molecule has 8 nitrogen and oxygen atoms in total. The molecule has 0 aliphatic carbocycles. The first kappa shape index (κ1) is 20.1. The van der Waals surface area contributed by atoms with Gasteiger partial charge >= 0.3 is 12.0 Å². The summed E-state index contributed by atoms with van der Waals surface area (Å²) in [6.45, 7) is 1.06. The molecule has 1 saturated heterocycles. The third-order valence-corrected chi connectivity index (χ3v) is 5.61. The molecule has 1 aliphatic rings. The number of amides is 2. The van der Waals surface area contributed by atoms with Crippen LogP contribution in [0, 0.1) is 5.82 Å². The molecule has 0 spiro atoms. The normalized spacial score (nSPS) is 15.7. The van der Waals surface area contributed by atoms with Crippen LogP contribution in [0.1, 0.15) is 25.7 Å². The van der Waals surface area contributed by atoms with Crippen LogP contribution in [-0.2, 0) is 14.8 Å². The summed E-state index contributed by atoms with van der Waals surface area (Å²) in [4.78, 5) is 24.0. The number of halogens is 1. The lowest BCUT2D eigenvalue weighted by Gasteiger charge is -2.32. The van der Waals surface area contributed by atoms with E-state index in [4.69, 9.17) is 5.11 Å². The number of carboxylic acids is 1. The number of hydrogen-bond acceptors (Lipinski definition) is 4. The molecule has 2 amide bonds. The third kappa shape index (κ3) is 5.95. The fraction of sp³-hybridized carbons (Fsp3) is 0.500. The Bertz CT molecular complexity index is 731. The molecule has 26 heavy (non-hydrogen) atoms. The summed E-state index contributed by atoms with van der Waals surface area (Å²) in [6, 6.07) is 4.00. The zero-order chi connectivity index (χ0) is 19.2. The standard InChI is InChI=1S/C16H22FN3O5S/c17-12-3-5-14(6-4-12)26(24,25)19-13-7-10-20(11-8-13)16(23)18-9-1-2-15(21)22/h3-6,13,19H,1-2,7-11H2,(H,18,23)(H,21,22). The number of likely N-dealkylation sites (tertiary alicyclic amines) is 1.